The smallest absolute Gasteiger partial charge is 0.336 e. The second kappa shape index (κ2) is 8.25. The van der Waals surface area contributed by atoms with Gasteiger partial charge in [0.05, 0.1) is 16.6 Å². The minimum atomic E-state index is -0.825. The Labute approximate surface area is 173 Å². The molecule has 1 amide bonds. The monoisotopic (exact) mass is 413 g/mol. The molecule has 0 unspecified atom stereocenters. The molecule has 0 aliphatic rings. The van der Waals surface area contributed by atoms with Gasteiger partial charge in [-0.3, -0.25) is 14.2 Å². The zero-order chi connectivity index (χ0) is 21.3. The third kappa shape index (κ3) is 3.98. The summed E-state index contributed by atoms with van der Waals surface area (Å²) in [7, 11) is 0. The van der Waals surface area contributed by atoms with E-state index < -0.39 is 17.3 Å². The fourth-order valence-corrected chi connectivity index (χ4v) is 3.42. The van der Waals surface area contributed by atoms with Crippen LogP contribution in [0.5, 0.6) is 0 Å². The summed E-state index contributed by atoms with van der Waals surface area (Å²) in [5.74, 6) is -0.294. The minimum absolute atomic E-state index is 0.0295. The van der Waals surface area contributed by atoms with Gasteiger partial charge in [0.25, 0.3) is 5.56 Å². The van der Waals surface area contributed by atoms with Crippen molar-refractivity contribution < 1.29 is 4.79 Å². The number of hydrogen-bond donors (Lipinski definition) is 1. The molecule has 0 fully saturated rings. The Balaban J connectivity index is 2.33. The van der Waals surface area contributed by atoms with Crippen LogP contribution in [0.25, 0.3) is 16.6 Å². The van der Waals surface area contributed by atoms with Gasteiger partial charge < -0.3 is 5.32 Å². The predicted molar refractivity (Wildman–Crippen MR) is 116 cm³/mol. The van der Waals surface area contributed by atoms with E-state index in [1.807, 2.05) is 26.8 Å². The molecule has 0 aliphatic heterocycles. The van der Waals surface area contributed by atoms with Crippen LogP contribution in [0.15, 0.2) is 52.1 Å². The van der Waals surface area contributed by atoms with Crippen LogP contribution in [0, 0.1) is 6.92 Å². The molecule has 152 valence electrons. The summed E-state index contributed by atoms with van der Waals surface area (Å²) in [6, 6.07) is 11.0. The van der Waals surface area contributed by atoms with E-state index in [1.165, 1.54) is 4.57 Å². The molecule has 3 rings (SSSR count). The average molecular weight is 414 g/mol. The molecule has 1 heterocycles. The van der Waals surface area contributed by atoms with Crippen LogP contribution in [0.4, 0.5) is 0 Å². The number of nitrogens with zero attached hydrogens (tertiary/aromatic N) is 2. The topological polar surface area (TPSA) is 73.1 Å². The summed E-state index contributed by atoms with van der Waals surface area (Å²) >= 11 is 6.14. The van der Waals surface area contributed by atoms with Crippen molar-refractivity contribution in [1.29, 1.82) is 0 Å². The molecule has 7 heteroatoms. The van der Waals surface area contributed by atoms with Gasteiger partial charge in [-0.05, 0) is 63.1 Å². The van der Waals surface area contributed by atoms with E-state index in [0.29, 0.717) is 21.6 Å². The van der Waals surface area contributed by atoms with Crippen LogP contribution in [0.1, 0.15) is 38.8 Å². The first-order valence-electron chi connectivity index (χ1n) is 9.58. The fourth-order valence-electron chi connectivity index (χ4n) is 3.25. The summed E-state index contributed by atoms with van der Waals surface area (Å²) in [5, 5.41) is 3.60. The molecule has 0 radical (unpaired) electrons. The van der Waals surface area contributed by atoms with Crippen molar-refractivity contribution in [2.24, 2.45) is 0 Å². The number of benzene rings is 2. The molecular weight excluding hydrogens is 390 g/mol. The Morgan fingerprint density at radius 3 is 2.52 bits per heavy atom. The van der Waals surface area contributed by atoms with E-state index in [2.05, 4.69) is 5.32 Å². The van der Waals surface area contributed by atoms with E-state index in [0.717, 1.165) is 16.6 Å². The van der Waals surface area contributed by atoms with Gasteiger partial charge in [0.2, 0.25) is 5.91 Å². The maximum Gasteiger partial charge on any atom is 0.336 e. The van der Waals surface area contributed by atoms with Gasteiger partial charge in [0, 0.05) is 11.1 Å². The van der Waals surface area contributed by atoms with Gasteiger partial charge in [-0.25, -0.2) is 9.36 Å². The molecule has 2 atom stereocenters. The second-order valence-corrected chi connectivity index (χ2v) is 7.72. The van der Waals surface area contributed by atoms with E-state index in [4.69, 9.17) is 11.6 Å². The molecule has 3 aromatic rings. The summed E-state index contributed by atoms with van der Waals surface area (Å²) in [4.78, 5) is 39.4. The SMILES string of the molecule is CC[C@H](C)NC(=O)[C@@H](C)n1c(=O)n(-c2cccc(C)c2)c(=O)c2ccc(Cl)cc21. The van der Waals surface area contributed by atoms with Gasteiger partial charge in [-0.15, -0.1) is 0 Å². The normalized spacial score (nSPS) is 13.3. The Bertz CT molecular complexity index is 1200. The number of aryl methyl sites for hydroxylation is 1. The van der Waals surface area contributed by atoms with Gasteiger partial charge in [0.1, 0.15) is 6.04 Å². The van der Waals surface area contributed by atoms with E-state index in [-0.39, 0.29) is 11.9 Å². The summed E-state index contributed by atoms with van der Waals surface area (Å²) in [6.07, 6.45) is 0.767. The van der Waals surface area contributed by atoms with Crippen molar-refractivity contribution in [2.75, 3.05) is 0 Å². The number of carbonyl (C=O) groups is 1. The third-order valence-electron chi connectivity index (χ3n) is 5.08. The maximum absolute atomic E-state index is 13.4. The standard InChI is InChI=1S/C22H24ClN3O3/c1-5-14(3)24-20(27)15(4)25-19-12-16(23)9-10-18(19)21(28)26(22(25)29)17-8-6-7-13(2)11-17/h6-12,14-15H,5H2,1-4H3,(H,24,27)/t14-,15+/m0/s1. The summed E-state index contributed by atoms with van der Waals surface area (Å²) < 4.78 is 2.44. The molecule has 0 saturated heterocycles. The molecule has 1 aromatic heterocycles. The van der Waals surface area contributed by atoms with Crippen molar-refractivity contribution in [2.45, 2.75) is 46.2 Å². The molecule has 0 bridgehead atoms. The Morgan fingerprint density at radius 1 is 1.14 bits per heavy atom. The highest BCUT2D eigenvalue weighted by Crippen LogP contribution is 2.20. The predicted octanol–water partition coefficient (Wildman–Crippen LogP) is 3.59. The highest BCUT2D eigenvalue weighted by molar-refractivity contribution is 6.31. The third-order valence-corrected chi connectivity index (χ3v) is 5.31. The molecule has 0 spiro atoms. The van der Waals surface area contributed by atoms with Crippen LogP contribution >= 0.6 is 11.6 Å². The number of aromatic nitrogens is 2. The van der Waals surface area contributed by atoms with E-state index in [9.17, 15) is 14.4 Å². The fraction of sp³-hybridized carbons (Fsp3) is 0.318. The largest absolute Gasteiger partial charge is 0.352 e. The number of hydrogen-bond acceptors (Lipinski definition) is 3. The van der Waals surface area contributed by atoms with Gasteiger partial charge in [0.15, 0.2) is 0 Å². The molecular formula is C22H24ClN3O3. The minimum Gasteiger partial charge on any atom is -0.352 e. The average Bonchev–Trinajstić information content (AvgIpc) is 2.67. The number of carbonyl (C=O) groups excluding carboxylic acids is 1. The van der Waals surface area contributed by atoms with E-state index in [1.54, 1.807) is 43.3 Å². The Kier molecular flexibility index (Phi) is 5.94. The first kappa shape index (κ1) is 20.9. The highest BCUT2D eigenvalue weighted by Gasteiger charge is 2.23. The molecule has 29 heavy (non-hydrogen) atoms. The van der Waals surface area contributed by atoms with Crippen LogP contribution in [-0.4, -0.2) is 21.1 Å². The number of nitrogens with one attached hydrogen (secondary N) is 1. The second-order valence-electron chi connectivity index (χ2n) is 7.29. The quantitative estimate of drug-likeness (QED) is 0.694. The van der Waals surface area contributed by atoms with Crippen molar-refractivity contribution in [1.82, 2.24) is 14.5 Å². The van der Waals surface area contributed by atoms with Crippen LogP contribution < -0.4 is 16.6 Å². The summed E-state index contributed by atoms with van der Waals surface area (Å²) in [6.45, 7) is 7.39. The molecule has 0 saturated carbocycles. The highest BCUT2D eigenvalue weighted by atomic mass is 35.5. The lowest BCUT2D eigenvalue weighted by Crippen LogP contribution is -2.45. The lowest BCUT2D eigenvalue weighted by atomic mass is 10.1. The molecule has 0 aliphatic carbocycles. The van der Waals surface area contributed by atoms with Crippen molar-refractivity contribution in [3.05, 3.63) is 73.9 Å². The van der Waals surface area contributed by atoms with Gasteiger partial charge in [-0.2, -0.15) is 0 Å². The Hall–Kier alpha value is -2.86. The zero-order valence-corrected chi connectivity index (χ0v) is 17.7. The molecule has 2 aromatic carbocycles. The van der Waals surface area contributed by atoms with Gasteiger partial charge in [-0.1, -0.05) is 30.7 Å². The zero-order valence-electron chi connectivity index (χ0n) is 16.9. The first-order chi connectivity index (χ1) is 13.7. The van der Waals surface area contributed by atoms with Crippen LogP contribution in [0.3, 0.4) is 0 Å². The van der Waals surface area contributed by atoms with Crippen LogP contribution in [-0.2, 0) is 4.79 Å². The lowest BCUT2D eigenvalue weighted by Gasteiger charge is -2.21. The number of fused-ring (bicyclic) bond motifs is 1. The Morgan fingerprint density at radius 2 is 1.86 bits per heavy atom. The molecule has 6 nitrogen and oxygen atoms in total. The number of amides is 1. The lowest BCUT2D eigenvalue weighted by molar-refractivity contribution is -0.124. The number of halogens is 1. The van der Waals surface area contributed by atoms with Crippen LogP contribution in [0.2, 0.25) is 5.02 Å². The van der Waals surface area contributed by atoms with Crippen molar-refractivity contribution in [3.63, 3.8) is 0 Å². The van der Waals surface area contributed by atoms with Crippen molar-refractivity contribution >= 4 is 28.4 Å². The molecule has 1 N–H and O–H groups in total. The summed E-state index contributed by atoms with van der Waals surface area (Å²) in [5.41, 5.74) is 0.683. The number of rotatable bonds is 5. The van der Waals surface area contributed by atoms with Crippen molar-refractivity contribution in [3.8, 4) is 5.69 Å². The van der Waals surface area contributed by atoms with Gasteiger partial charge >= 0.3 is 5.69 Å². The maximum atomic E-state index is 13.4. The van der Waals surface area contributed by atoms with E-state index >= 15 is 0 Å². The first-order valence-corrected chi connectivity index (χ1v) is 9.96.